The van der Waals surface area contributed by atoms with Crippen LogP contribution in [0.25, 0.3) is 10.2 Å². The molecule has 2 heterocycles. The Bertz CT molecular complexity index is 1470. The fraction of sp³-hybridized carbons (Fsp3) is 0.423. The number of carbonyl (C=O) groups is 2. The van der Waals surface area contributed by atoms with Crippen molar-refractivity contribution in [1.29, 1.82) is 0 Å². The largest absolute Gasteiger partial charge is 0.450 e. The van der Waals surface area contributed by atoms with E-state index in [9.17, 15) is 18.0 Å². The molecule has 0 spiro atoms. The summed E-state index contributed by atoms with van der Waals surface area (Å²) in [5, 5.41) is 0. The van der Waals surface area contributed by atoms with Crippen LogP contribution in [0.5, 0.6) is 0 Å². The van der Waals surface area contributed by atoms with Crippen LogP contribution in [0.1, 0.15) is 29.8 Å². The van der Waals surface area contributed by atoms with E-state index in [1.807, 2.05) is 30.5 Å². The molecule has 1 aliphatic rings. The van der Waals surface area contributed by atoms with E-state index in [0.29, 0.717) is 30.1 Å². The van der Waals surface area contributed by atoms with Gasteiger partial charge in [0.15, 0.2) is 4.80 Å². The molecule has 0 atom stereocenters. The number of piperazine rings is 1. The van der Waals surface area contributed by atoms with Gasteiger partial charge in [-0.2, -0.15) is 9.30 Å². The van der Waals surface area contributed by atoms with Crippen molar-refractivity contribution < 1.29 is 27.5 Å². The van der Waals surface area contributed by atoms with Crippen molar-refractivity contribution in [1.82, 2.24) is 13.8 Å². The van der Waals surface area contributed by atoms with Gasteiger partial charge in [-0.15, -0.1) is 0 Å². The number of aromatic nitrogens is 1. The van der Waals surface area contributed by atoms with Crippen molar-refractivity contribution in [2.45, 2.75) is 32.2 Å². The second-order valence-electron chi connectivity index (χ2n) is 8.74. The highest BCUT2D eigenvalue weighted by molar-refractivity contribution is 7.89. The molecule has 0 aliphatic carbocycles. The molecule has 204 valence electrons. The number of hydrogen-bond donors (Lipinski definition) is 0. The van der Waals surface area contributed by atoms with Crippen molar-refractivity contribution in [3.05, 3.63) is 58.4 Å². The topological polar surface area (TPSA) is 111 Å². The molecule has 1 fully saturated rings. The Morgan fingerprint density at radius 1 is 1.00 bits per heavy atom. The van der Waals surface area contributed by atoms with Crippen molar-refractivity contribution in [3.8, 4) is 0 Å². The normalized spacial score (nSPS) is 15.2. The van der Waals surface area contributed by atoms with Crippen molar-refractivity contribution in [3.63, 3.8) is 0 Å². The van der Waals surface area contributed by atoms with Gasteiger partial charge in [0.25, 0.3) is 5.91 Å². The summed E-state index contributed by atoms with van der Waals surface area (Å²) in [5.41, 5.74) is 2.39. The molecular formula is C26H32N4O6S2. The first-order chi connectivity index (χ1) is 18.2. The number of fused-ring (bicyclic) bond motifs is 1. The number of rotatable bonds is 8. The maximum absolute atomic E-state index is 13.1. The number of sulfonamides is 1. The molecule has 38 heavy (non-hydrogen) atoms. The lowest BCUT2D eigenvalue weighted by Gasteiger charge is -2.33. The molecule has 0 radical (unpaired) electrons. The molecule has 0 bridgehead atoms. The van der Waals surface area contributed by atoms with Crippen LogP contribution in [0.3, 0.4) is 0 Å². The van der Waals surface area contributed by atoms with E-state index in [2.05, 4.69) is 11.1 Å². The Morgan fingerprint density at radius 3 is 2.37 bits per heavy atom. The first-order valence-electron chi connectivity index (χ1n) is 12.5. The molecule has 1 aromatic heterocycles. The maximum atomic E-state index is 13.1. The van der Waals surface area contributed by atoms with E-state index in [4.69, 9.17) is 9.47 Å². The number of nitrogens with zero attached hydrogens (tertiary/aromatic N) is 4. The summed E-state index contributed by atoms with van der Waals surface area (Å²) in [6.07, 6.45) is -0.441. The lowest BCUT2D eigenvalue weighted by atomic mass is 10.2. The minimum Gasteiger partial charge on any atom is -0.450 e. The van der Waals surface area contributed by atoms with Gasteiger partial charge >= 0.3 is 6.09 Å². The van der Waals surface area contributed by atoms with E-state index in [0.717, 1.165) is 15.8 Å². The predicted octanol–water partition coefficient (Wildman–Crippen LogP) is 3.25. The standard InChI is InChI=1S/C26H32N4O6S2/c1-4-35-17-16-30-22-11-6-19(3)18-23(22)37-25(30)27-24(31)20-7-9-21(10-8-20)38(33,34)29-14-12-28(13-15-29)26(32)36-5-2/h6-11,18H,4-5,12-17H2,1-3H3. The number of aryl methyl sites for hydroxylation is 1. The third-order valence-electron chi connectivity index (χ3n) is 6.20. The van der Waals surface area contributed by atoms with Gasteiger partial charge in [-0.1, -0.05) is 17.4 Å². The zero-order chi connectivity index (χ0) is 27.3. The molecule has 0 saturated carbocycles. The minimum absolute atomic E-state index is 0.0859. The summed E-state index contributed by atoms with van der Waals surface area (Å²) in [6, 6.07) is 11.9. The van der Waals surface area contributed by atoms with Crippen molar-refractivity contribution in [2.24, 2.45) is 4.99 Å². The lowest BCUT2D eigenvalue weighted by Crippen LogP contribution is -2.50. The van der Waals surface area contributed by atoms with Crippen LogP contribution in [0.2, 0.25) is 0 Å². The van der Waals surface area contributed by atoms with Crippen LogP contribution in [-0.2, 0) is 26.0 Å². The fourth-order valence-electron chi connectivity index (χ4n) is 4.18. The van der Waals surface area contributed by atoms with E-state index in [-0.39, 0.29) is 37.7 Å². The smallest absolute Gasteiger partial charge is 0.409 e. The predicted molar refractivity (Wildman–Crippen MR) is 145 cm³/mol. The average molecular weight is 561 g/mol. The van der Waals surface area contributed by atoms with Gasteiger partial charge in [0.05, 0.1) is 28.3 Å². The molecule has 2 amide bonds. The van der Waals surface area contributed by atoms with Crippen molar-refractivity contribution in [2.75, 3.05) is 46.0 Å². The monoisotopic (exact) mass is 560 g/mol. The Hall–Kier alpha value is -3.06. The molecule has 0 N–H and O–H groups in total. The molecule has 1 saturated heterocycles. The molecule has 10 nitrogen and oxygen atoms in total. The summed E-state index contributed by atoms with van der Waals surface area (Å²) >= 11 is 1.43. The lowest BCUT2D eigenvalue weighted by molar-refractivity contribution is 0.0933. The van der Waals surface area contributed by atoms with Gasteiger partial charge in [-0.3, -0.25) is 4.79 Å². The highest BCUT2D eigenvalue weighted by Gasteiger charge is 2.30. The van der Waals surface area contributed by atoms with Crippen LogP contribution >= 0.6 is 11.3 Å². The number of ether oxygens (including phenoxy) is 2. The highest BCUT2D eigenvalue weighted by Crippen LogP contribution is 2.21. The highest BCUT2D eigenvalue weighted by atomic mass is 32.2. The first-order valence-corrected chi connectivity index (χ1v) is 14.8. The minimum atomic E-state index is -3.77. The zero-order valence-electron chi connectivity index (χ0n) is 21.8. The van der Waals surface area contributed by atoms with E-state index in [1.54, 1.807) is 6.92 Å². The molecule has 1 aliphatic heterocycles. The van der Waals surface area contributed by atoms with Crippen LogP contribution < -0.4 is 4.80 Å². The molecule has 0 unspecified atom stereocenters. The second kappa shape index (κ2) is 12.2. The Labute approximate surface area is 226 Å². The van der Waals surface area contributed by atoms with Crippen LogP contribution in [0.4, 0.5) is 4.79 Å². The SMILES string of the molecule is CCOCCn1c(=NC(=O)c2ccc(S(=O)(=O)N3CCN(C(=O)OCC)CC3)cc2)sc2cc(C)ccc21. The Balaban J connectivity index is 1.53. The van der Waals surface area contributed by atoms with Crippen LogP contribution in [0.15, 0.2) is 52.4 Å². The van der Waals surface area contributed by atoms with Gasteiger partial charge in [-0.05, 0) is 62.7 Å². The molecule has 4 rings (SSSR count). The fourth-order valence-corrected chi connectivity index (χ4v) is 6.75. The number of hydrogen-bond acceptors (Lipinski definition) is 7. The van der Waals surface area contributed by atoms with Crippen molar-refractivity contribution >= 4 is 43.6 Å². The van der Waals surface area contributed by atoms with Gasteiger partial charge in [0.2, 0.25) is 10.0 Å². The van der Waals surface area contributed by atoms with Gasteiger partial charge in [-0.25, -0.2) is 13.2 Å². The van der Waals surface area contributed by atoms with E-state index < -0.39 is 22.0 Å². The molecule has 2 aromatic carbocycles. The number of amides is 2. The molecule has 12 heteroatoms. The quantitative estimate of drug-likeness (QED) is 0.391. The third-order valence-corrected chi connectivity index (χ3v) is 9.16. The van der Waals surface area contributed by atoms with E-state index >= 15 is 0 Å². The Morgan fingerprint density at radius 2 is 1.71 bits per heavy atom. The molecular weight excluding hydrogens is 528 g/mol. The zero-order valence-corrected chi connectivity index (χ0v) is 23.4. The summed E-state index contributed by atoms with van der Waals surface area (Å²) in [4.78, 5) is 31.5. The maximum Gasteiger partial charge on any atom is 0.409 e. The van der Waals surface area contributed by atoms with Gasteiger partial charge in [0.1, 0.15) is 0 Å². The second-order valence-corrected chi connectivity index (χ2v) is 11.7. The van der Waals surface area contributed by atoms with Crippen LogP contribution in [-0.4, -0.2) is 80.2 Å². The van der Waals surface area contributed by atoms with Gasteiger partial charge < -0.3 is 18.9 Å². The van der Waals surface area contributed by atoms with E-state index in [1.165, 1.54) is 44.8 Å². The number of thiazole rings is 1. The van der Waals surface area contributed by atoms with Gasteiger partial charge in [0, 0.05) is 44.9 Å². The summed E-state index contributed by atoms with van der Waals surface area (Å²) in [5.74, 6) is -0.453. The summed E-state index contributed by atoms with van der Waals surface area (Å²) < 4.78 is 41.1. The number of carbonyl (C=O) groups excluding carboxylic acids is 2. The Kier molecular flexibility index (Phi) is 8.98. The first kappa shape index (κ1) is 28.0. The van der Waals surface area contributed by atoms with Crippen LogP contribution in [0, 0.1) is 6.92 Å². The number of benzene rings is 2. The molecule has 3 aromatic rings. The third kappa shape index (κ3) is 6.15. The summed E-state index contributed by atoms with van der Waals surface area (Å²) in [7, 11) is -3.77. The average Bonchev–Trinajstić information content (AvgIpc) is 3.24. The summed E-state index contributed by atoms with van der Waals surface area (Å²) in [6.45, 7) is 8.45.